The van der Waals surface area contributed by atoms with Crippen molar-refractivity contribution < 1.29 is 37.5 Å². The number of morpholine rings is 1. The van der Waals surface area contributed by atoms with Gasteiger partial charge in [-0.05, 0) is 114 Å². The van der Waals surface area contributed by atoms with Crippen LogP contribution in [0.15, 0.2) is 42.9 Å². The van der Waals surface area contributed by atoms with Crippen LogP contribution in [0.4, 0.5) is 26.0 Å². The first-order valence-electron chi connectivity index (χ1n) is 23.1. The molecule has 342 valence electrons. The van der Waals surface area contributed by atoms with Crippen LogP contribution in [0.25, 0.3) is 5.65 Å². The van der Waals surface area contributed by atoms with Crippen molar-refractivity contribution in [1.82, 2.24) is 39.5 Å². The van der Waals surface area contributed by atoms with Gasteiger partial charge in [0, 0.05) is 49.7 Å². The zero-order chi connectivity index (χ0) is 44.7. The zero-order valence-corrected chi connectivity index (χ0v) is 36.3. The minimum atomic E-state index is -2.86. The van der Waals surface area contributed by atoms with E-state index in [4.69, 9.17) is 9.72 Å². The van der Waals surface area contributed by atoms with Crippen LogP contribution in [-0.4, -0.2) is 121 Å². The maximum atomic E-state index is 14.3. The van der Waals surface area contributed by atoms with Gasteiger partial charge in [0.05, 0.1) is 47.8 Å². The Morgan fingerprint density at radius 3 is 2.52 bits per heavy atom. The van der Waals surface area contributed by atoms with E-state index in [9.17, 15) is 32.8 Å². The van der Waals surface area contributed by atoms with Gasteiger partial charge in [0.25, 0.3) is 24.1 Å². The number of piperidine rings is 1. The third kappa shape index (κ3) is 7.53. The number of carbonyl (C=O) groups is 5. The average molecular weight is 894 g/mol. The van der Waals surface area contributed by atoms with Gasteiger partial charge in [-0.3, -0.25) is 38.9 Å². The molecule has 2 bridgehead atoms. The quantitative estimate of drug-likeness (QED) is 0.164. The molecule has 3 aliphatic carbocycles. The topological polar surface area (TPSA) is 188 Å². The second kappa shape index (κ2) is 16.3. The Bertz CT molecular complexity index is 2570. The van der Waals surface area contributed by atoms with Crippen LogP contribution < -0.4 is 20.9 Å². The van der Waals surface area contributed by atoms with E-state index in [1.54, 1.807) is 29.2 Å². The summed E-state index contributed by atoms with van der Waals surface area (Å²) in [5.41, 5.74) is 1.53. The summed E-state index contributed by atoms with van der Waals surface area (Å²) < 4.78 is 37.6. The van der Waals surface area contributed by atoms with E-state index in [2.05, 4.69) is 43.0 Å². The summed E-state index contributed by atoms with van der Waals surface area (Å²) in [7, 11) is 2.22. The predicted molar refractivity (Wildman–Crippen MR) is 232 cm³/mol. The van der Waals surface area contributed by atoms with Crippen LogP contribution in [0.2, 0.25) is 0 Å². The molecule has 5 amide bonds. The largest absolute Gasteiger partial charge is 0.382 e. The van der Waals surface area contributed by atoms with E-state index in [0.717, 1.165) is 94.4 Å². The van der Waals surface area contributed by atoms with E-state index in [1.165, 1.54) is 10.7 Å². The fraction of sp³-hybridized carbons (Fsp3) is 0.565. The molecule has 2 unspecified atom stereocenters. The number of rotatable bonds is 11. The first kappa shape index (κ1) is 41.9. The van der Waals surface area contributed by atoms with Crippen LogP contribution in [0.5, 0.6) is 0 Å². The van der Waals surface area contributed by atoms with Crippen molar-refractivity contribution in [3.63, 3.8) is 0 Å². The Kier molecular flexibility index (Phi) is 10.5. The molecule has 1 spiro atoms. The number of nitrogens with zero attached hydrogens (tertiary/aromatic N) is 8. The highest BCUT2D eigenvalue weighted by Gasteiger charge is 2.49. The molecule has 7 aliphatic rings. The highest BCUT2D eigenvalue weighted by Crippen LogP contribution is 2.53. The van der Waals surface area contributed by atoms with Gasteiger partial charge in [0.15, 0.2) is 11.3 Å². The summed E-state index contributed by atoms with van der Waals surface area (Å²) in [5.74, 6) is -1.38. The van der Waals surface area contributed by atoms with Crippen LogP contribution in [-0.2, 0) is 14.3 Å². The van der Waals surface area contributed by atoms with Crippen molar-refractivity contribution in [2.75, 3.05) is 42.3 Å². The molecule has 3 N–H and O–H groups in total. The number of nitrogens with one attached hydrogen (secondary N) is 3. The Morgan fingerprint density at radius 1 is 1.00 bits per heavy atom. The monoisotopic (exact) mass is 893 g/mol. The fourth-order valence-corrected chi connectivity index (χ4v) is 12.1. The number of ether oxygens (including phenoxy) is 1. The highest BCUT2D eigenvalue weighted by atomic mass is 19.3. The summed E-state index contributed by atoms with van der Waals surface area (Å²) >= 11 is 0. The summed E-state index contributed by atoms with van der Waals surface area (Å²) in [6.07, 6.45) is 13.1. The van der Waals surface area contributed by atoms with E-state index in [-0.39, 0.29) is 59.3 Å². The van der Waals surface area contributed by atoms with Gasteiger partial charge in [-0.15, -0.1) is 0 Å². The molecule has 3 saturated carbocycles. The van der Waals surface area contributed by atoms with Gasteiger partial charge in [-0.25, -0.2) is 18.3 Å². The Balaban J connectivity index is 0.654. The molecule has 7 heterocycles. The van der Waals surface area contributed by atoms with Crippen LogP contribution in [0, 0.1) is 11.3 Å². The molecule has 4 aromatic rings. The van der Waals surface area contributed by atoms with Gasteiger partial charge in [-0.2, -0.15) is 10.2 Å². The van der Waals surface area contributed by atoms with Crippen molar-refractivity contribution in [3.05, 3.63) is 65.2 Å². The first-order valence-corrected chi connectivity index (χ1v) is 23.1. The van der Waals surface area contributed by atoms with Gasteiger partial charge in [0.1, 0.15) is 17.4 Å². The number of amides is 5. The second-order valence-corrected chi connectivity index (χ2v) is 19.5. The molecule has 0 radical (unpaired) electrons. The molecule has 1 aromatic carbocycles. The summed E-state index contributed by atoms with van der Waals surface area (Å²) in [6.45, 7) is 2.35. The van der Waals surface area contributed by atoms with E-state index in [0.29, 0.717) is 35.5 Å². The number of hydrogen-bond donors (Lipinski definition) is 3. The molecule has 19 heteroatoms. The van der Waals surface area contributed by atoms with Crippen LogP contribution in [0.3, 0.4) is 0 Å². The molecule has 11 rings (SSSR count). The lowest BCUT2D eigenvalue weighted by molar-refractivity contribution is -0.136. The minimum absolute atomic E-state index is 0.00599. The Labute approximate surface area is 373 Å². The highest BCUT2D eigenvalue weighted by molar-refractivity contribution is 6.25. The minimum Gasteiger partial charge on any atom is -0.382 e. The van der Waals surface area contributed by atoms with Crippen molar-refractivity contribution in [1.29, 1.82) is 0 Å². The number of fused-ring (bicyclic) bond motifs is 4. The fourth-order valence-electron chi connectivity index (χ4n) is 12.1. The van der Waals surface area contributed by atoms with Crippen molar-refractivity contribution in [2.45, 2.75) is 126 Å². The molecule has 3 aromatic heterocycles. The van der Waals surface area contributed by atoms with E-state index < -0.39 is 47.7 Å². The molecule has 3 saturated heterocycles. The van der Waals surface area contributed by atoms with Crippen molar-refractivity contribution in [3.8, 4) is 0 Å². The molecular formula is C46H53F2N11O6. The average Bonchev–Trinajstić information content (AvgIpc) is 4.14. The van der Waals surface area contributed by atoms with Gasteiger partial charge in [0.2, 0.25) is 11.8 Å². The summed E-state index contributed by atoms with van der Waals surface area (Å²) in [4.78, 5) is 75.2. The van der Waals surface area contributed by atoms with Crippen molar-refractivity contribution >= 4 is 52.4 Å². The van der Waals surface area contributed by atoms with Crippen LogP contribution in [0.1, 0.15) is 133 Å². The van der Waals surface area contributed by atoms with Gasteiger partial charge >= 0.3 is 0 Å². The van der Waals surface area contributed by atoms with E-state index in [1.807, 2.05) is 12.1 Å². The smallest absolute Gasteiger partial charge is 0.284 e. The number of halogens is 2. The number of carbonyl (C=O) groups excluding carboxylic acids is 5. The van der Waals surface area contributed by atoms with E-state index >= 15 is 0 Å². The molecule has 4 aliphatic heterocycles. The van der Waals surface area contributed by atoms with Gasteiger partial charge < -0.3 is 25.2 Å². The molecule has 6 fully saturated rings. The zero-order valence-electron chi connectivity index (χ0n) is 36.3. The first-order chi connectivity index (χ1) is 31.4. The maximum Gasteiger partial charge on any atom is 0.284 e. The Morgan fingerprint density at radius 2 is 1.80 bits per heavy atom. The molecule has 65 heavy (non-hydrogen) atoms. The normalized spacial score (nSPS) is 29.9. The lowest BCUT2D eigenvalue weighted by Gasteiger charge is -2.53. The van der Waals surface area contributed by atoms with Crippen molar-refractivity contribution in [2.24, 2.45) is 11.3 Å². The summed E-state index contributed by atoms with van der Waals surface area (Å²) in [5, 5.41) is 17.1. The molecule has 17 nitrogen and oxygen atoms in total. The third-order valence-corrected chi connectivity index (χ3v) is 15.6. The number of imide groups is 2. The molecule has 3 atom stereocenters. The van der Waals surface area contributed by atoms with Crippen LogP contribution >= 0.6 is 0 Å². The number of benzene rings is 1. The second-order valence-electron chi connectivity index (χ2n) is 19.5. The standard InChI is InChI=1S/C46H53F2N11O6/c1-55(27-11-14-46(15-12-27)18-26(19-46)50-33-4-2-3-31-38(33)45(64)59(44(31)63)35-9-10-37(60)53-43(35)62)21-25-5-7-28(8-6-25)58-23-34(39(54-58)40(47)48)51-42(61)32-20-49-57-16-13-36(52-41(32)57)56-22-30-17-29(56)24-65-30/h2-4,13,16,20,23,25-30,35,40,50H,5-12,14-15,17-19,21-22,24H2,1H3,(H,51,61)(H,53,60,62)/t25?,26?,27?,28?,29?,30-,35?,46?/m1/s1. The number of hydrogen-bond acceptors (Lipinski definition) is 12. The Hall–Kier alpha value is -5.82. The van der Waals surface area contributed by atoms with Gasteiger partial charge in [-0.1, -0.05) is 6.07 Å². The lowest BCUT2D eigenvalue weighted by atomic mass is 9.57. The number of alkyl halides is 2. The lowest BCUT2D eigenvalue weighted by Crippen LogP contribution is -2.54. The SMILES string of the molecule is CN(CC1CCC(n2cc(NC(=O)c3cnn4ccc(N5C[C@H]6CC5CO6)nc34)c(C(F)F)n2)CC1)C1CCC2(CC1)CC(Nc1cccc3c1C(=O)N(C1CCC(=O)NC1=O)C3=O)C2. The summed E-state index contributed by atoms with van der Waals surface area (Å²) in [6, 6.07) is 6.91. The number of anilines is 3. The predicted octanol–water partition coefficient (Wildman–Crippen LogP) is 5.36. The third-order valence-electron chi connectivity index (χ3n) is 15.6. The molecular weight excluding hydrogens is 841 g/mol. The number of aromatic nitrogens is 5. The maximum absolute atomic E-state index is 14.3.